The Kier molecular flexibility index (Phi) is 4.93. The molecule has 0 aliphatic carbocycles. The van der Waals surface area contributed by atoms with Gasteiger partial charge >= 0.3 is 0 Å². The number of carbonyl (C=O) groups excluding carboxylic acids is 1. The van der Waals surface area contributed by atoms with Gasteiger partial charge in [0.2, 0.25) is 0 Å². The molecule has 17 heavy (non-hydrogen) atoms. The molecule has 1 aromatic rings. The van der Waals surface area contributed by atoms with Crippen LogP contribution in [-0.4, -0.2) is 49.6 Å². The van der Waals surface area contributed by atoms with Crippen molar-refractivity contribution in [2.24, 2.45) is 0 Å². The summed E-state index contributed by atoms with van der Waals surface area (Å²) in [6.45, 7) is 0.762. The van der Waals surface area contributed by atoms with Gasteiger partial charge in [-0.25, -0.2) is 0 Å². The lowest BCUT2D eigenvalue weighted by molar-refractivity contribution is 0.0936. The normalized spacial score (nSPS) is 10.6. The minimum Gasteiger partial charge on any atom is -0.495 e. The van der Waals surface area contributed by atoms with Crippen LogP contribution in [0.15, 0.2) is 18.2 Å². The Bertz CT molecular complexity index is 393. The van der Waals surface area contributed by atoms with Crippen molar-refractivity contribution in [2.45, 2.75) is 0 Å². The Balaban J connectivity index is 2.72. The SMILES string of the molecule is COc1ccc(C(=O)CN(C)CCO)cc1N. The lowest BCUT2D eigenvalue weighted by Crippen LogP contribution is -2.28. The van der Waals surface area contributed by atoms with E-state index in [9.17, 15) is 4.79 Å². The molecule has 0 aromatic heterocycles. The van der Waals surface area contributed by atoms with Crippen LogP contribution in [0.5, 0.6) is 5.75 Å². The number of carbonyl (C=O) groups is 1. The summed E-state index contributed by atoms with van der Waals surface area (Å²) >= 11 is 0. The first-order valence-corrected chi connectivity index (χ1v) is 5.34. The molecule has 0 bridgehead atoms. The molecule has 0 aliphatic heterocycles. The van der Waals surface area contributed by atoms with Gasteiger partial charge in [-0.3, -0.25) is 9.69 Å². The topological polar surface area (TPSA) is 75.8 Å². The third kappa shape index (κ3) is 3.72. The largest absolute Gasteiger partial charge is 0.495 e. The van der Waals surface area contributed by atoms with Gasteiger partial charge in [0.05, 0.1) is 25.9 Å². The van der Waals surface area contributed by atoms with Gasteiger partial charge < -0.3 is 15.6 Å². The van der Waals surface area contributed by atoms with Gasteiger partial charge in [-0.2, -0.15) is 0 Å². The van der Waals surface area contributed by atoms with E-state index in [4.69, 9.17) is 15.6 Å². The van der Waals surface area contributed by atoms with Crippen LogP contribution in [0, 0.1) is 0 Å². The maximum Gasteiger partial charge on any atom is 0.176 e. The number of aliphatic hydroxyl groups excluding tert-OH is 1. The highest BCUT2D eigenvalue weighted by molar-refractivity contribution is 5.98. The average molecular weight is 238 g/mol. The third-order valence-electron chi connectivity index (χ3n) is 2.45. The Labute approximate surface area is 101 Å². The number of methoxy groups -OCH3 is 1. The molecule has 0 heterocycles. The number of hydrogen-bond donors (Lipinski definition) is 2. The molecule has 0 saturated heterocycles. The van der Waals surface area contributed by atoms with Crippen molar-refractivity contribution in [3.63, 3.8) is 0 Å². The molecular formula is C12H18N2O3. The van der Waals surface area contributed by atoms with E-state index >= 15 is 0 Å². The second kappa shape index (κ2) is 6.22. The van der Waals surface area contributed by atoms with Crippen molar-refractivity contribution in [1.82, 2.24) is 4.90 Å². The third-order valence-corrected chi connectivity index (χ3v) is 2.45. The van der Waals surface area contributed by atoms with E-state index < -0.39 is 0 Å². The number of nitrogen functional groups attached to an aromatic ring is 1. The Morgan fingerprint density at radius 2 is 2.24 bits per heavy atom. The van der Waals surface area contributed by atoms with Gasteiger partial charge in [-0.05, 0) is 25.2 Å². The lowest BCUT2D eigenvalue weighted by atomic mass is 10.1. The summed E-state index contributed by atoms with van der Waals surface area (Å²) in [6.07, 6.45) is 0. The molecule has 94 valence electrons. The zero-order chi connectivity index (χ0) is 12.8. The molecule has 1 aromatic carbocycles. The minimum absolute atomic E-state index is 0.0321. The Morgan fingerprint density at radius 1 is 1.53 bits per heavy atom. The van der Waals surface area contributed by atoms with Crippen LogP contribution in [0.1, 0.15) is 10.4 Å². The van der Waals surface area contributed by atoms with E-state index in [1.807, 2.05) is 0 Å². The smallest absolute Gasteiger partial charge is 0.176 e. The number of Topliss-reactive ketones (excluding diaryl/α,β-unsaturated/α-hetero) is 1. The quantitative estimate of drug-likeness (QED) is 0.553. The van der Waals surface area contributed by atoms with Gasteiger partial charge in [0, 0.05) is 12.1 Å². The molecule has 0 atom stereocenters. The van der Waals surface area contributed by atoms with Crippen LogP contribution in [0.2, 0.25) is 0 Å². The van der Waals surface area contributed by atoms with Crippen molar-refractivity contribution < 1.29 is 14.6 Å². The van der Waals surface area contributed by atoms with E-state index in [0.717, 1.165) is 0 Å². The first kappa shape index (κ1) is 13.5. The predicted molar refractivity (Wildman–Crippen MR) is 66.3 cm³/mol. The number of nitrogens with two attached hydrogens (primary N) is 1. The van der Waals surface area contributed by atoms with Crippen LogP contribution in [0.4, 0.5) is 5.69 Å². The van der Waals surface area contributed by atoms with Crippen molar-refractivity contribution in [1.29, 1.82) is 0 Å². The van der Waals surface area contributed by atoms with E-state index in [1.165, 1.54) is 7.11 Å². The van der Waals surface area contributed by atoms with Gasteiger partial charge in [-0.15, -0.1) is 0 Å². The number of nitrogens with zero attached hydrogens (tertiary/aromatic N) is 1. The van der Waals surface area contributed by atoms with E-state index in [0.29, 0.717) is 23.5 Å². The summed E-state index contributed by atoms with van der Waals surface area (Å²) in [7, 11) is 3.31. The zero-order valence-corrected chi connectivity index (χ0v) is 10.1. The number of anilines is 1. The molecule has 0 fully saturated rings. The van der Waals surface area contributed by atoms with E-state index in [2.05, 4.69) is 0 Å². The van der Waals surface area contributed by atoms with Crippen LogP contribution in [0.3, 0.4) is 0 Å². The van der Waals surface area contributed by atoms with Gasteiger partial charge in [0.25, 0.3) is 0 Å². The Hall–Kier alpha value is -1.59. The number of benzene rings is 1. The molecule has 1 rings (SSSR count). The number of rotatable bonds is 6. The molecule has 5 heteroatoms. The fraction of sp³-hybridized carbons (Fsp3) is 0.417. The van der Waals surface area contributed by atoms with E-state index in [1.54, 1.807) is 30.1 Å². The molecule has 0 amide bonds. The standard InChI is InChI=1S/C12H18N2O3/c1-14(5-6-15)8-11(16)9-3-4-12(17-2)10(13)7-9/h3-4,7,15H,5-6,8,13H2,1-2H3. The number of hydrogen-bond acceptors (Lipinski definition) is 5. The highest BCUT2D eigenvalue weighted by Gasteiger charge is 2.10. The second-order valence-corrected chi connectivity index (χ2v) is 3.84. The van der Waals surface area contributed by atoms with E-state index in [-0.39, 0.29) is 18.9 Å². The maximum absolute atomic E-state index is 11.9. The summed E-state index contributed by atoms with van der Waals surface area (Å²) < 4.78 is 5.02. The first-order chi connectivity index (χ1) is 8.08. The predicted octanol–water partition coefficient (Wildman–Crippen LogP) is 0.384. The number of aliphatic hydroxyl groups is 1. The van der Waals surface area contributed by atoms with Crippen molar-refractivity contribution >= 4 is 11.5 Å². The van der Waals surface area contributed by atoms with Crippen LogP contribution in [-0.2, 0) is 0 Å². The molecule has 0 unspecified atom stereocenters. The molecule has 5 nitrogen and oxygen atoms in total. The first-order valence-electron chi connectivity index (χ1n) is 5.34. The number of ether oxygens (including phenoxy) is 1. The Morgan fingerprint density at radius 3 is 2.76 bits per heavy atom. The molecular weight excluding hydrogens is 220 g/mol. The summed E-state index contributed by atoms with van der Waals surface area (Å²) in [5.74, 6) is 0.528. The van der Waals surface area contributed by atoms with Gasteiger partial charge in [0.15, 0.2) is 5.78 Å². The van der Waals surface area contributed by atoms with Crippen molar-refractivity contribution in [3.05, 3.63) is 23.8 Å². The monoisotopic (exact) mass is 238 g/mol. The molecule has 3 N–H and O–H groups in total. The van der Waals surface area contributed by atoms with Crippen LogP contribution in [0.25, 0.3) is 0 Å². The summed E-state index contributed by atoms with van der Waals surface area (Å²) in [5.41, 5.74) is 6.72. The summed E-state index contributed by atoms with van der Waals surface area (Å²) in [4.78, 5) is 13.6. The van der Waals surface area contributed by atoms with Crippen molar-refractivity contribution in [3.8, 4) is 5.75 Å². The average Bonchev–Trinajstić information content (AvgIpc) is 2.29. The maximum atomic E-state index is 11.9. The fourth-order valence-electron chi connectivity index (χ4n) is 1.49. The van der Waals surface area contributed by atoms with Crippen LogP contribution < -0.4 is 10.5 Å². The summed E-state index contributed by atoms with van der Waals surface area (Å²) in [6, 6.07) is 4.97. The molecule has 0 spiro atoms. The number of likely N-dealkylation sites (N-methyl/N-ethyl adjacent to an activating group) is 1. The zero-order valence-electron chi connectivity index (χ0n) is 10.1. The second-order valence-electron chi connectivity index (χ2n) is 3.84. The van der Waals surface area contributed by atoms with Gasteiger partial charge in [0.1, 0.15) is 5.75 Å². The molecule has 0 saturated carbocycles. The fourth-order valence-corrected chi connectivity index (χ4v) is 1.49. The molecule has 0 radical (unpaired) electrons. The highest BCUT2D eigenvalue weighted by atomic mass is 16.5. The van der Waals surface area contributed by atoms with Crippen LogP contribution >= 0.6 is 0 Å². The minimum atomic E-state index is -0.0321. The molecule has 0 aliphatic rings. The lowest BCUT2D eigenvalue weighted by Gasteiger charge is -2.14. The highest BCUT2D eigenvalue weighted by Crippen LogP contribution is 2.22. The van der Waals surface area contributed by atoms with Gasteiger partial charge in [-0.1, -0.05) is 0 Å². The number of ketones is 1. The van der Waals surface area contributed by atoms with Crippen molar-refractivity contribution in [2.75, 3.05) is 39.6 Å². The summed E-state index contributed by atoms with van der Waals surface area (Å²) in [5, 5.41) is 8.74.